The first kappa shape index (κ1) is 8.62. The van der Waals surface area contributed by atoms with Gasteiger partial charge in [0.15, 0.2) is 0 Å². The van der Waals surface area contributed by atoms with E-state index in [-0.39, 0.29) is 0 Å². The fourth-order valence-corrected chi connectivity index (χ4v) is 0.481. The minimum atomic E-state index is 0.625. The van der Waals surface area contributed by atoms with Crippen molar-refractivity contribution in [2.75, 3.05) is 6.54 Å². The van der Waals surface area contributed by atoms with E-state index in [0.717, 1.165) is 11.5 Å². The number of hydrazine groups is 2. The van der Waals surface area contributed by atoms with Crippen LogP contribution in [0.25, 0.3) is 0 Å². The van der Waals surface area contributed by atoms with Crippen LogP contribution in [0.5, 0.6) is 0 Å². The first-order valence-electron chi connectivity index (χ1n) is 3.19. The van der Waals surface area contributed by atoms with Crippen molar-refractivity contribution in [1.82, 2.24) is 5.12 Å². The first-order chi connectivity index (χ1) is 4.27. The van der Waals surface area contributed by atoms with Crippen LogP contribution in [-0.2, 0) is 0 Å². The minimum Gasteiger partial charge on any atom is -0.255 e. The Morgan fingerprint density at radius 2 is 2.00 bits per heavy atom. The lowest BCUT2D eigenvalue weighted by atomic mass is 10.3. The Kier molecular flexibility index (Phi) is 5.51. The highest BCUT2D eigenvalue weighted by Crippen LogP contribution is 1.86. The number of hydrogen-bond acceptors (Lipinski definition) is 3. The second kappa shape index (κ2) is 5.75. The lowest BCUT2D eigenvalue weighted by Gasteiger charge is -2.02. The van der Waals surface area contributed by atoms with Crippen molar-refractivity contribution < 1.29 is 0 Å². The van der Waals surface area contributed by atoms with Gasteiger partial charge in [-0.25, -0.2) is 0 Å². The topological polar surface area (TPSA) is 55.3 Å². The fourth-order valence-electron chi connectivity index (χ4n) is 0.481. The van der Waals surface area contributed by atoms with Crippen LogP contribution in [0.15, 0.2) is 12.2 Å². The molecule has 0 fully saturated rings. The largest absolute Gasteiger partial charge is 0.255 e. The zero-order valence-corrected chi connectivity index (χ0v) is 5.88. The average Bonchev–Trinajstić information content (AvgIpc) is 1.80. The Morgan fingerprint density at radius 1 is 1.33 bits per heavy atom. The standard InChI is InChI=1S/C6H15N3/c1-2-3-4-5-6-9(7)8/h4-5H,2-3,6-8H2,1H3. The summed E-state index contributed by atoms with van der Waals surface area (Å²) in [4.78, 5) is 0. The van der Waals surface area contributed by atoms with Crippen LogP contribution >= 0.6 is 0 Å². The maximum absolute atomic E-state index is 5.13. The molecule has 0 saturated carbocycles. The molecule has 0 aromatic heterocycles. The summed E-state index contributed by atoms with van der Waals surface area (Å²) in [6.45, 7) is 2.76. The third-order valence-corrected chi connectivity index (χ3v) is 0.938. The molecular formula is C6H15N3. The molecule has 0 spiro atoms. The highest BCUT2D eigenvalue weighted by molar-refractivity contribution is 4.82. The van der Waals surface area contributed by atoms with Gasteiger partial charge in [0.1, 0.15) is 0 Å². The average molecular weight is 129 g/mol. The van der Waals surface area contributed by atoms with Gasteiger partial charge < -0.3 is 0 Å². The van der Waals surface area contributed by atoms with Crippen LogP contribution in [0.2, 0.25) is 0 Å². The number of unbranched alkanes of at least 4 members (excludes halogenated alkanes) is 1. The van der Waals surface area contributed by atoms with E-state index in [2.05, 4.69) is 13.0 Å². The molecule has 0 radical (unpaired) electrons. The second-order valence-corrected chi connectivity index (χ2v) is 1.96. The number of allylic oxidation sites excluding steroid dienone is 1. The minimum absolute atomic E-state index is 0.625. The van der Waals surface area contributed by atoms with E-state index in [1.54, 1.807) is 0 Å². The third-order valence-electron chi connectivity index (χ3n) is 0.938. The molecular weight excluding hydrogens is 114 g/mol. The Morgan fingerprint density at radius 3 is 2.44 bits per heavy atom. The molecule has 0 saturated heterocycles. The highest BCUT2D eigenvalue weighted by Gasteiger charge is 1.80. The van der Waals surface area contributed by atoms with Crippen LogP contribution in [0.1, 0.15) is 19.8 Å². The van der Waals surface area contributed by atoms with E-state index < -0.39 is 0 Å². The van der Waals surface area contributed by atoms with Gasteiger partial charge in [-0.3, -0.25) is 11.7 Å². The lowest BCUT2D eigenvalue weighted by molar-refractivity contribution is 0.328. The summed E-state index contributed by atoms with van der Waals surface area (Å²) in [6, 6.07) is 0. The van der Waals surface area contributed by atoms with E-state index in [0.29, 0.717) is 6.54 Å². The predicted octanol–water partition coefficient (Wildman–Crippen LogP) is 0.392. The van der Waals surface area contributed by atoms with Gasteiger partial charge in [-0.2, -0.15) is 5.12 Å². The zero-order valence-electron chi connectivity index (χ0n) is 5.88. The first-order valence-corrected chi connectivity index (χ1v) is 3.19. The van der Waals surface area contributed by atoms with Gasteiger partial charge in [0.05, 0.1) is 0 Å². The van der Waals surface area contributed by atoms with Crippen LogP contribution in [0.3, 0.4) is 0 Å². The fraction of sp³-hybridized carbons (Fsp3) is 0.667. The molecule has 0 aromatic rings. The van der Waals surface area contributed by atoms with Crippen molar-refractivity contribution in [2.45, 2.75) is 19.8 Å². The summed E-state index contributed by atoms with van der Waals surface area (Å²) in [7, 11) is 0. The second-order valence-electron chi connectivity index (χ2n) is 1.96. The summed E-state index contributed by atoms with van der Waals surface area (Å²) in [5.74, 6) is 10.3. The maximum atomic E-state index is 5.13. The summed E-state index contributed by atoms with van der Waals surface area (Å²) >= 11 is 0. The molecule has 0 heterocycles. The Balaban J connectivity index is 3.04. The van der Waals surface area contributed by atoms with Crippen molar-refractivity contribution in [1.29, 1.82) is 0 Å². The number of nitrogens with zero attached hydrogens (tertiary/aromatic N) is 1. The molecule has 0 unspecified atom stereocenters. The highest BCUT2D eigenvalue weighted by atomic mass is 15.6. The predicted molar refractivity (Wildman–Crippen MR) is 39.1 cm³/mol. The van der Waals surface area contributed by atoms with Crippen molar-refractivity contribution >= 4 is 0 Å². The normalized spacial score (nSPS) is 11.6. The van der Waals surface area contributed by atoms with Gasteiger partial charge in [-0.15, -0.1) is 0 Å². The number of hydrogen-bond donors (Lipinski definition) is 2. The lowest BCUT2D eigenvalue weighted by Crippen LogP contribution is -2.37. The molecule has 0 rings (SSSR count). The summed E-state index contributed by atoms with van der Waals surface area (Å²) < 4.78 is 0. The van der Waals surface area contributed by atoms with E-state index >= 15 is 0 Å². The summed E-state index contributed by atoms with van der Waals surface area (Å²) in [5, 5.41) is 1.16. The van der Waals surface area contributed by atoms with Crippen LogP contribution in [-0.4, -0.2) is 11.7 Å². The molecule has 3 nitrogen and oxygen atoms in total. The van der Waals surface area contributed by atoms with Crippen molar-refractivity contribution in [3.63, 3.8) is 0 Å². The molecule has 54 valence electrons. The quantitative estimate of drug-likeness (QED) is 0.328. The smallest absolute Gasteiger partial charge is 0.0464 e. The van der Waals surface area contributed by atoms with Crippen LogP contribution < -0.4 is 11.7 Å². The molecule has 3 heteroatoms. The third kappa shape index (κ3) is 7.62. The van der Waals surface area contributed by atoms with Crippen LogP contribution in [0.4, 0.5) is 0 Å². The molecule has 9 heavy (non-hydrogen) atoms. The van der Waals surface area contributed by atoms with Gasteiger partial charge in [-0.1, -0.05) is 25.5 Å². The van der Waals surface area contributed by atoms with Gasteiger partial charge in [0, 0.05) is 6.54 Å². The summed E-state index contributed by atoms with van der Waals surface area (Å²) in [5.41, 5.74) is 0. The Labute approximate surface area is 56.3 Å². The molecule has 0 aliphatic carbocycles. The number of nitrogens with two attached hydrogens (primary N) is 2. The van der Waals surface area contributed by atoms with Crippen molar-refractivity contribution in [3.8, 4) is 0 Å². The molecule has 0 atom stereocenters. The van der Waals surface area contributed by atoms with Gasteiger partial charge in [0.2, 0.25) is 0 Å². The van der Waals surface area contributed by atoms with Gasteiger partial charge in [-0.05, 0) is 6.42 Å². The van der Waals surface area contributed by atoms with E-state index in [1.807, 2.05) is 6.08 Å². The SMILES string of the molecule is CCCC=CCN(N)N. The maximum Gasteiger partial charge on any atom is 0.0464 e. The van der Waals surface area contributed by atoms with Crippen molar-refractivity contribution in [2.24, 2.45) is 11.7 Å². The Bertz CT molecular complexity index is 78.4. The molecule has 0 aromatic carbocycles. The molecule has 0 aliphatic rings. The van der Waals surface area contributed by atoms with Crippen LogP contribution in [0, 0.1) is 0 Å². The van der Waals surface area contributed by atoms with Crippen molar-refractivity contribution in [3.05, 3.63) is 12.2 Å². The number of rotatable bonds is 4. The van der Waals surface area contributed by atoms with E-state index in [4.69, 9.17) is 11.7 Å². The molecule has 4 N–H and O–H groups in total. The monoisotopic (exact) mass is 129 g/mol. The molecule has 0 amide bonds. The Hall–Kier alpha value is -0.380. The molecule has 0 aliphatic heterocycles. The van der Waals surface area contributed by atoms with E-state index in [9.17, 15) is 0 Å². The van der Waals surface area contributed by atoms with Gasteiger partial charge >= 0.3 is 0 Å². The molecule has 0 bridgehead atoms. The zero-order chi connectivity index (χ0) is 7.11. The van der Waals surface area contributed by atoms with Gasteiger partial charge in [0.25, 0.3) is 0 Å². The summed E-state index contributed by atoms with van der Waals surface area (Å²) in [6.07, 6.45) is 6.32. The van der Waals surface area contributed by atoms with E-state index in [1.165, 1.54) is 6.42 Å².